The third-order valence-corrected chi connectivity index (χ3v) is 5.13. The number of rotatable bonds is 2. The molecule has 1 aromatic heterocycles. The standard InChI is InChI=1S/C12H8BrClF3NS/c13-8-5-9(19-11(8)14)10(18)6-3-1-2-4-7(6)12(15,16)17/h1-5,10H,18H2. The van der Waals surface area contributed by atoms with E-state index >= 15 is 0 Å². The molecule has 2 aromatic rings. The maximum Gasteiger partial charge on any atom is 0.416 e. The molecule has 102 valence electrons. The second-order valence-electron chi connectivity index (χ2n) is 3.83. The molecule has 0 aliphatic rings. The maximum absolute atomic E-state index is 12.9. The summed E-state index contributed by atoms with van der Waals surface area (Å²) < 4.78 is 39.9. The Labute approximate surface area is 125 Å². The van der Waals surface area contributed by atoms with Crippen molar-refractivity contribution in [2.45, 2.75) is 12.2 Å². The van der Waals surface area contributed by atoms with Gasteiger partial charge >= 0.3 is 6.18 Å². The molecule has 1 nitrogen and oxygen atoms in total. The van der Waals surface area contributed by atoms with E-state index in [1.807, 2.05) is 0 Å². The van der Waals surface area contributed by atoms with Crippen LogP contribution < -0.4 is 5.73 Å². The van der Waals surface area contributed by atoms with Crippen molar-refractivity contribution in [3.63, 3.8) is 0 Å². The first-order chi connectivity index (χ1) is 8.80. The van der Waals surface area contributed by atoms with Gasteiger partial charge in [0.2, 0.25) is 0 Å². The number of halogens is 5. The van der Waals surface area contributed by atoms with Crippen LogP contribution in [0.4, 0.5) is 13.2 Å². The molecule has 0 aliphatic carbocycles. The van der Waals surface area contributed by atoms with Crippen molar-refractivity contribution in [2.75, 3.05) is 0 Å². The summed E-state index contributed by atoms with van der Waals surface area (Å²) in [6.45, 7) is 0. The maximum atomic E-state index is 12.9. The summed E-state index contributed by atoms with van der Waals surface area (Å²) in [4.78, 5) is 0.577. The SMILES string of the molecule is NC(c1cc(Br)c(Cl)s1)c1ccccc1C(F)(F)F. The highest BCUT2D eigenvalue weighted by Crippen LogP contribution is 2.40. The van der Waals surface area contributed by atoms with Gasteiger partial charge in [0.1, 0.15) is 4.34 Å². The van der Waals surface area contributed by atoms with Crippen LogP contribution in [0.25, 0.3) is 0 Å². The van der Waals surface area contributed by atoms with Crippen molar-refractivity contribution < 1.29 is 13.2 Å². The summed E-state index contributed by atoms with van der Waals surface area (Å²) >= 11 is 10.3. The van der Waals surface area contributed by atoms with Gasteiger partial charge < -0.3 is 5.73 Å². The zero-order valence-electron chi connectivity index (χ0n) is 9.34. The molecule has 2 N–H and O–H groups in total. The van der Waals surface area contributed by atoms with Crippen molar-refractivity contribution in [3.05, 3.63) is 55.1 Å². The van der Waals surface area contributed by atoms with Crippen LogP contribution in [-0.4, -0.2) is 0 Å². The Bertz CT molecular complexity index is 577. The predicted octanol–water partition coefficient (Wildman–Crippen LogP) is 5.23. The number of nitrogens with two attached hydrogens (primary N) is 1. The molecule has 1 aromatic carbocycles. The highest BCUT2D eigenvalue weighted by atomic mass is 79.9. The van der Waals surface area contributed by atoms with Gasteiger partial charge in [-0.3, -0.25) is 0 Å². The van der Waals surface area contributed by atoms with Gasteiger partial charge in [0.25, 0.3) is 0 Å². The van der Waals surface area contributed by atoms with Crippen LogP contribution in [0.2, 0.25) is 4.34 Å². The van der Waals surface area contributed by atoms with Crippen molar-refractivity contribution in [2.24, 2.45) is 5.73 Å². The van der Waals surface area contributed by atoms with Gasteiger partial charge in [-0.2, -0.15) is 13.2 Å². The van der Waals surface area contributed by atoms with Crippen LogP contribution in [0.15, 0.2) is 34.8 Å². The average Bonchev–Trinajstić information content (AvgIpc) is 2.68. The average molecular weight is 371 g/mol. The van der Waals surface area contributed by atoms with E-state index in [1.54, 1.807) is 6.07 Å². The predicted molar refractivity (Wildman–Crippen MR) is 74.5 cm³/mol. The van der Waals surface area contributed by atoms with Crippen LogP contribution in [0.5, 0.6) is 0 Å². The second kappa shape index (κ2) is 5.44. The third-order valence-electron chi connectivity index (χ3n) is 2.57. The summed E-state index contributed by atoms with van der Waals surface area (Å²) in [5.74, 6) is 0. The smallest absolute Gasteiger partial charge is 0.320 e. The Morgan fingerprint density at radius 2 is 1.89 bits per heavy atom. The molecule has 1 unspecified atom stereocenters. The molecule has 7 heteroatoms. The molecule has 0 amide bonds. The van der Waals surface area contributed by atoms with E-state index in [4.69, 9.17) is 17.3 Å². The summed E-state index contributed by atoms with van der Waals surface area (Å²) in [6, 6.07) is 6.08. The van der Waals surface area contributed by atoms with Crippen molar-refractivity contribution in [3.8, 4) is 0 Å². The summed E-state index contributed by atoms with van der Waals surface area (Å²) in [5, 5.41) is 0. The van der Waals surface area contributed by atoms with E-state index in [1.165, 1.54) is 18.2 Å². The lowest BCUT2D eigenvalue weighted by Gasteiger charge is -2.17. The minimum atomic E-state index is -4.42. The van der Waals surface area contributed by atoms with Crippen molar-refractivity contribution in [1.29, 1.82) is 0 Å². The van der Waals surface area contributed by atoms with Crippen LogP contribution in [-0.2, 0) is 6.18 Å². The van der Waals surface area contributed by atoms with Gasteiger partial charge in [-0.25, -0.2) is 0 Å². The van der Waals surface area contributed by atoms with Gasteiger partial charge in [-0.15, -0.1) is 11.3 Å². The number of thiophene rings is 1. The molecule has 1 heterocycles. The fourth-order valence-electron chi connectivity index (χ4n) is 1.70. The van der Waals surface area contributed by atoms with E-state index < -0.39 is 17.8 Å². The Kier molecular flexibility index (Phi) is 4.25. The minimum Gasteiger partial charge on any atom is -0.320 e. The van der Waals surface area contributed by atoms with Crippen molar-refractivity contribution in [1.82, 2.24) is 0 Å². The monoisotopic (exact) mass is 369 g/mol. The lowest BCUT2D eigenvalue weighted by atomic mass is 9.99. The number of benzene rings is 1. The zero-order valence-corrected chi connectivity index (χ0v) is 12.5. The van der Waals surface area contributed by atoms with E-state index in [9.17, 15) is 13.2 Å². The van der Waals surface area contributed by atoms with Gasteiger partial charge in [-0.1, -0.05) is 29.8 Å². The number of hydrogen-bond donors (Lipinski definition) is 1. The van der Waals surface area contributed by atoms with E-state index in [-0.39, 0.29) is 5.56 Å². The topological polar surface area (TPSA) is 26.0 Å². The minimum absolute atomic E-state index is 0.0421. The Balaban J connectivity index is 2.47. The zero-order chi connectivity index (χ0) is 14.2. The van der Waals surface area contributed by atoms with Crippen LogP contribution in [0.3, 0.4) is 0 Å². The van der Waals surface area contributed by atoms with Crippen LogP contribution in [0, 0.1) is 0 Å². The first-order valence-electron chi connectivity index (χ1n) is 5.17. The molecular weight excluding hydrogens is 363 g/mol. The fourth-order valence-corrected chi connectivity index (χ4v) is 3.45. The number of hydrogen-bond acceptors (Lipinski definition) is 2. The van der Waals surface area contributed by atoms with E-state index in [0.717, 1.165) is 17.4 Å². The van der Waals surface area contributed by atoms with E-state index in [0.29, 0.717) is 13.7 Å². The lowest BCUT2D eigenvalue weighted by molar-refractivity contribution is -0.138. The van der Waals surface area contributed by atoms with Gasteiger partial charge in [-0.05, 0) is 33.6 Å². The van der Waals surface area contributed by atoms with E-state index in [2.05, 4.69) is 15.9 Å². The highest BCUT2D eigenvalue weighted by molar-refractivity contribution is 9.10. The molecule has 1 atom stereocenters. The third kappa shape index (κ3) is 3.13. The highest BCUT2D eigenvalue weighted by Gasteiger charge is 2.34. The van der Waals surface area contributed by atoms with Gasteiger partial charge in [0, 0.05) is 9.35 Å². The Morgan fingerprint density at radius 3 is 2.42 bits per heavy atom. The molecular formula is C12H8BrClF3NS. The first kappa shape index (κ1) is 14.8. The molecule has 0 saturated carbocycles. The molecule has 0 radical (unpaired) electrons. The molecule has 19 heavy (non-hydrogen) atoms. The largest absolute Gasteiger partial charge is 0.416 e. The fraction of sp³-hybridized carbons (Fsp3) is 0.167. The normalized spacial score (nSPS) is 13.6. The number of alkyl halides is 3. The first-order valence-corrected chi connectivity index (χ1v) is 7.16. The second-order valence-corrected chi connectivity index (χ2v) is 6.37. The summed E-state index contributed by atoms with van der Waals surface area (Å²) in [6.07, 6.45) is -4.42. The van der Waals surface area contributed by atoms with Crippen LogP contribution >= 0.6 is 38.9 Å². The molecule has 0 spiro atoms. The summed E-state index contributed by atoms with van der Waals surface area (Å²) in [5.41, 5.74) is 5.25. The Hall–Kier alpha value is -0.560. The Morgan fingerprint density at radius 1 is 1.26 bits per heavy atom. The molecule has 0 fully saturated rings. The molecule has 2 rings (SSSR count). The molecule has 0 saturated heterocycles. The lowest BCUT2D eigenvalue weighted by Crippen LogP contribution is -2.17. The van der Waals surface area contributed by atoms with Gasteiger partial charge in [0.05, 0.1) is 11.6 Å². The van der Waals surface area contributed by atoms with Crippen LogP contribution in [0.1, 0.15) is 22.0 Å². The molecule has 0 aliphatic heterocycles. The molecule has 0 bridgehead atoms. The van der Waals surface area contributed by atoms with Gasteiger partial charge in [0.15, 0.2) is 0 Å². The quantitative estimate of drug-likeness (QED) is 0.769. The summed E-state index contributed by atoms with van der Waals surface area (Å²) in [7, 11) is 0. The van der Waals surface area contributed by atoms with Crippen molar-refractivity contribution >= 4 is 38.9 Å².